The van der Waals surface area contributed by atoms with Gasteiger partial charge in [0.25, 0.3) is 0 Å². The van der Waals surface area contributed by atoms with Crippen molar-refractivity contribution in [2.75, 3.05) is 29.9 Å². The van der Waals surface area contributed by atoms with Crippen LogP contribution in [0.3, 0.4) is 0 Å². The number of carbonyl (C=O) groups is 1. The van der Waals surface area contributed by atoms with E-state index >= 15 is 0 Å². The number of halogens is 1. The summed E-state index contributed by atoms with van der Waals surface area (Å²) in [7, 11) is 0. The fraction of sp³-hybridized carbons (Fsp3) is 0.708. The Morgan fingerprint density at radius 3 is 2.39 bits per heavy atom. The summed E-state index contributed by atoms with van der Waals surface area (Å²) in [5.41, 5.74) is 0.972. The van der Waals surface area contributed by atoms with Crippen molar-refractivity contribution in [3.63, 3.8) is 0 Å². The fourth-order valence-electron chi connectivity index (χ4n) is 4.50. The summed E-state index contributed by atoms with van der Waals surface area (Å²) < 4.78 is 25.9. The van der Waals surface area contributed by atoms with Crippen LogP contribution in [0, 0.1) is 11.7 Å². The standard InChI is InChI=1S/C24H38FN3O3/c1-16-14-28(15-17(2)30-16)22-11-10-20(12-21(22)25)26-13-18-6-8-19(9-7-18)27-23(29)31-24(3,4)5/h10-12,16-19,26H,6-9,13-15H2,1-5H3,(H,27,29)/t16-,17-,18?,19?/m0/s1. The molecule has 0 bridgehead atoms. The van der Waals surface area contributed by atoms with Crippen LogP contribution in [-0.2, 0) is 9.47 Å². The van der Waals surface area contributed by atoms with E-state index in [4.69, 9.17) is 9.47 Å². The Kier molecular flexibility index (Phi) is 7.68. The number of nitrogens with zero attached hydrogens (tertiary/aromatic N) is 1. The Labute approximate surface area is 185 Å². The number of hydrogen-bond donors (Lipinski definition) is 2. The minimum absolute atomic E-state index is 0.0980. The van der Waals surface area contributed by atoms with Crippen molar-refractivity contribution in [2.45, 2.75) is 84.2 Å². The predicted octanol–water partition coefficient (Wildman–Crippen LogP) is 4.93. The lowest BCUT2D eigenvalue weighted by atomic mass is 9.86. The molecule has 3 rings (SSSR count). The van der Waals surface area contributed by atoms with Crippen LogP contribution in [-0.4, -0.2) is 49.6 Å². The number of amides is 1. The Balaban J connectivity index is 1.44. The first-order valence-electron chi connectivity index (χ1n) is 11.5. The summed E-state index contributed by atoms with van der Waals surface area (Å²) in [6.45, 7) is 11.9. The van der Waals surface area contributed by atoms with Gasteiger partial charge >= 0.3 is 6.09 Å². The predicted molar refractivity (Wildman–Crippen MR) is 122 cm³/mol. The van der Waals surface area contributed by atoms with Gasteiger partial charge in [-0.15, -0.1) is 0 Å². The smallest absolute Gasteiger partial charge is 0.407 e. The van der Waals surface area contributed by atoms with Crippen molar-refractivity contribution in [3.8, 4) is 0 Å². The molecular weight excluding hydrogens is 397 g/mol. The highest BCUT2D eigenvalue weighted by atomic mass is 19.1. The molecule has 0 radical (unpaired) electrons. The van der Waals surface area contributed by atoms with Gasteiger partial charge in [0, 0.05) is 31.4 Å². The molecular formula is C24H38FN3O3. The Morgan fingerprint density at radius 2 is 1.81 bits per heavy atom. The quantitative estimate of drug-likeness (QED) is 0.686. The molecule has 7 heteroatoms. The first-order valence-corrected chi connectivity index (χ1v) is 11.5. The third kappa shape index (κ3) is 7.27. The van der Waals surface area contributed by atoms with Gasteiger partial charge in [-0.05, 0) is 84.4 Å². The zero-order valence-corrected chi connectivity index (χ0v) is 19.5. The van der Waals surface area contributed by atoms with E-state index in [2.05, 4.69) is 15.5 Å². The molecule has 2 N–H and O–H groups in total. The van der Waals surface area contributed by atoms with Crippen LogP contribution in [0.15, 0.2) is 18.2 Å². The van der Waals surface area contributed by atoms with Crippen LogP contribution in [0.2, 0.25) is 0 Å². The summed E-state index contributed by atoms with van der Waals surface area (Å²) in [5, 5.41) is 6.37. The van der Waals surface area contributed by atoms with E-state index in [1.165, 1.54) is 0 Å². The van der Waals surface area contributed by atoms with Crippen molar-refractivity contribution in [3.05, 3.63) is 24.0 Å². The number of morpholine rings is 1. The lowest BCUT2D eigenvalue weighted by Gasteiger charge is -2.37. The maximum atomic E-state index is 14.8. The van der Waals surface area contributed by atoms with Gasteiger partial charge in [0.15, 0.2) is 0 Å². The molecule has 31 heavy (non-hydrogen) atoms. The summed E-state index contributed by atoms with van der Waals surface area (Å²) in [4.78, 5) is 14.0. The average Bonchev–Trinajstić information content (AvgIpc) is 2.65. The highest BCUT2D eigenvalue weighted by molar-refractivity contribution is 5.68. The van der Waals surface area contributed by atoms with Gasteiger partial charge < -0.3 is 25.0 Å². The molecule has 1 saturated carbocycles. The summed E-state index contributed by atoms with van der Waals surface area (Å²) >= 11 is 0. The first kappa shape index (κ1) is 23.6. The Bertz CT molecular complexity index is 734. The summed E-state index contributed by atoms with van der Waals surface area (Å²) in [6, 6.07) is 5.58. The van der Waals surface area contributed by atoms with Gasteiger partial charge in [-0.1, -0.05) is 0 Å². The third-order valence-electron chi connectivity index (χ3n) is 5.87. The zero-order chi connectivity index (χ0) is 22.6. The van der Waals surface area contributed by atoms with Crippen molar-refractivity contribution in [1.82, 2.24) is 5.32 Å². The molecule has 1 aliphatic carbocycles. The van der Waals surface area contributed by atoms with Crippen LogP contribution in [0.5, 0.6) is 0 Å². The third-order valence-corrected chi connectivity index (χ3v) is 5.87. The number of nitrogens with one attached hydrogen (secondary N) is 2. The highest BCUT2D eigenvalue weighted by Gasteiger charge is 2.26. The van der Waals surface area contributed by atoms with E-state index < -0.39 is 5.60 Å². The number of ether oxygens (including phenoxy) is 2. The molecule has 2 aliphatic rings. The van der Waals surface area contributed by atoms with Gasteiger partial charge in [-0.3, -0.25) is 0 Å². The molecule has 1 heterocycles. The molecule has 0 spiro atoms. The number of anilines is 2. The normalized spacial score (nSPS) is 27.0. The van der Waals surface area contributed by atoms with Crippen molar-refractivity contribution in [2.24, 2.45) is 5.92 Å². The topological polar surface area (TPSA) is 62.8 Å². The van der Waals surface area contributed by atoms with Crippen molar-refractivity contribution >= 4 is 17.5 Å². The van der Waals surface area contributed by atoms with E-state index in [9.17, 15) is 9.18 Å². The molecule has 174 valence electrons. The lowest BCUT2D eigenvalue weighted by molar-refractivity contribution is -0.00539. The van der Waals surface area contributed by atoms with Gasteiger partial charge in [0.1, 0.15) is 11.4 Å². The molecule has 2 atom stereocenters. The number of alkyl carbamates (subject to hydrolysis) is 1. The van der Waals surface area contributed by atoms with Crippen LogP contribution in [0.25, 0.3) is 0 Å². The van der Waals surface area contributed by atoms with Gasteiger partial charge in [-0.25, -0.2) is 9.18 Å². The number of hydrogen-bond acceptors (Lipinski definition) is 5. The van der Waals surface area contributed by atoms with E-state index in [1.807, 2.05) is 46.8 Å². The van der Waals surface area contributed by atoms with E-state index in [1.54, 1.807) is 6.07 Å². The number of carbonyl (C=O) groups excluding carboxylic acids is 1. The molecule has 0 unspecified atom stereocenters. The zero-order valence-electron chi connectivity index (χ0n) is 19.5. The van der Waals surface area contributed by atoms with Crippen LogP contribution in [0.4, 0.5) is 20.6 Å². The molecule has 1 aromatic rings. The van der Waals surface area contributed by atoms with Crippen molar-refractivity contribution in [1.29, 1.82) is 0 Å². The molecule has 1 saturated heterocycles. The van der Waals surface area contributed by atoms with E-state index in [0.717, 1.165) is 37.9 Å². The Hall–Kier alpha value is -2.02. The first-order chi connectivity index (χ1) is 14.6. The monoisotopic (exact) mass is 435 g/mol. The van der Waals surface area contributed by atoms with Gasteiger partial charge in [0.2, 0.25) is 0 Å². The second-order valence-corrected chi connectivity index (χ2v) is 10.1. The number of benzene rings is 1. The lowest BCUT2D eigenvalue weighted by Crippen LogP contribution is -2.45. The molecule has 1 aromatic carbocycles. The fourth-order valence-corrected chi connectivity index (χ4v) is 4.50. The Morgan fingerprint density at radius 1 is 1.16 bits per heavy atom. The SMILES string of the molecule is C[C@H]1CN(c2ccc(NCC3CCC(NC(=O)OC(C)(C)C)CC3)cc2F)C[C@H](C)O1. The average molecular weight is 436 g/mol. The van der Waals surface area contributed by atoms with E-state index in [-0.39, 0.29) is 30.2 Å². The second kappa shape index (κ2) is 10.1. The molecule has 1 amide bonds. The van der Waals surface area contributed by atoms with Gasteiger partial charge in [0.05, 0.1) is 17.9 Å². The largest absolute Gasteiger partial charge is 0.444 e. The van der Waals surface area contributed by atoms with Crippen LogP contribution >= 0.6 is 0 Å². The van der Waals surface area contributed by atoms with E-state index in [0.29, 0.717) is 24.7 Å². The second-order valence-electron chi connectivity index (χ2n) is 10.1. The maximum Gasteiger partial charge on any atom is 0.407 e. The number of rotatable bonds is 5. The highest BCUT2D eigenvalue weighted by Crippen LogP contribution is 2.28. The minimum atomic E-state index is -0.478. The van der Waals surface area contributed by atoms with Crippen LogP contribution in [0.1, 0.15) is 60.3 Å². The maximum absolute atomic E-state index is 14.8. The molecule has 6 nitrogen and oxygen atoms in total. The molecule has 0 aromatic heterocycles. The summed E-state index contributed by atoms with van der Waals surface area (Å²) in [6.07, 6.45) is 3.78. The minimum Gasteiger partial charge on any atom is -0.444 e. The van der Waals surface area contributed by atoms with Crippen molar-refractivity contribution < 1.29 is 18.7 Å². The summed E-state index contributed by atoms with van der Waals surface area (Å²) in [5.74, 6) is 0.317. The molecule has 1 aliphatic heterocycles. The van der Waals surface area contributed by atoms with Crippen LogP contribution < -0.4 is 15.5 Å². The molecule has 2 fully saturated rings. The van der Waals surface area contributed by atoms with Gasteiger partial charge in [-0.2, -0.15) is 0 Å².